The molecule has 2 aromatic rings. The third-order valence-electron chi connectivity index (χ3n) is 6.93. The quantitative estimate of drug-likeness (QED) is 0.147. The Morgan fingerprint density at radius 1 is 0.919 bits per heavy atom. The highest BCUT2D eigenvalue weighted by Gasteiger charge is 2.42. The van der Waals surface area contributed by atoms with Gasteiger partial charge in [0, 0.05) is 48.2 Å². The molecule has 6 N–H and O–H groups in total. The fourth-order valence-corrected chi connectivity index (χ4v) is 6.31. The van der Waals surface area contributed by atoms with Crippen molar-refractivity contribution < 1.29 is 14.4 Å². The second-order valence-corrected chi connectivity index (χ2v) is 10.9. The highest BCUT2D eigenvalue weighted by Crippen LogP contribution is 2.33. The maximum absolute atomic E-state index is 12.6. The minimum atomic E-state index is -0.0513. The minimum Gasteiger partial charge on any atom is -0.356 e. The molecule has 9 heteroatoms. The Labute approximate surface area is 222 Å². The van der Waals surface area contributed by atoms with Crippen LogP contribution in [0.1, 0.15) is 59.2 Å². The summed E-state index contributed by atoms with van der Waals surface area (Å²) in [5.74, 6) is 1.08. The predicted molar refractivity (Wildman–Crippen MR) is 147 cm³/mol. The van der Waals surface area contributed by atoms with Crippen molar-refractivity contribution in [3.63, 3.8) is 0 Å². The molecular formula is C28H37N5O3S. The van der Waals surface area contributed by atoms with Gasteiger partial charge in [0.15, 0.2) is 5.78 Å². The fraction of sp³-hybridized carbons (Fsp3) is 0.464. The molecule has 3 atom stereocenters. The molecule has 4 rings (SSSR count). The number of thioether (sulfide) groups is 1. The molecule has 0 saturated carbocycles. The summed E-state index contributed by atoms with van der Waals surface area (Å²) in [6.45, 7) is 2.63. The Kier molecular flexibility index (Phi) is 9.99. The van der Waals surface area contributed by atoms with Crippen LogP contribution in [0.15, 0.2) is 48.5 Å². The Morgan fingerprint density at radius 2 is 1.62 bits per heavy atom. The average Bonchev–Trinajstić information content (AvgIpc) is 3.47. The van der Waals surface area contributed by atoms with Crippen molar-refractivity contribution in [3.8, 4) is 0 Å². The van der Waals surface area contributed by atoms with Gasteiger partial charge in [0.1, 0.15) is 0 Å². The second-order valence-electron chi connectivity index (χ2n) is 9.68. The van der Waals surface area contributed by atoms with Crippen LogP contribution >= 0.6 is 11.8 Å². The number of rotatable bonds is 14. The van der Waals surface area contributed by atoms with E-state index in [1.807, 2.05) is 60.3 Å². The van der Waals surface area contributed by atoms with Crippen molar-refractivity contribution in [3.05, 3.63) is 70.8 Å². The first kappa shape index (κ1) is 27.2. The lowest BCUT2D eigenvalue weighted by atomic mass is 10.0. The van der Waals surface area contributed by atoms with Gasteiger partial charge in [-0.05, 0) is 36.9 Å². The summed E-state index contributed by atoms with van der Waals surface area (Å²) >= 11 is 1.91. The molecule has 2 saturated heterocycles. The smallest absolute Gasteiger partial charge is 0.315 e. The summed E-state index contributed by atoms with van der Waals surface area (Å²) in [4.78, 5) is 36.2. The second kappa shape index (κ2) is 13.6. The van der Waals surface area contributed by atoms with Gasteiger partial charge in [-0.3, -0.25) is 9.59 Å². The van der Waals surface area contributed by atoms with Gasteiger partial charge in [-0.15, -0.1) is 0 Å². The number of unbranched alkanes of at least 4 members (excludes halogenated alkanes) is 1. The summed E-state index contributed by atoms with van der Waals surface area (Å²) < 4.78 is 0. The number of ketones is 1. The van der Waals surface area contributed by atoms with Crippen molar-refractivity contribution in [2.75, 3.05) is 18.8 Å². The molecule has 2 aliphatic rings. The third kappa shape index (κ3) is 7.80. The first-order valence-electron chi connectivity index (χ1n) is 13.1. The van der Waals surface area contributed by atoms with E-state index < -0.39 is 0 Å². The Morgan fingerprint density at radius 3 is 2.32 bits per heavy atom. The van der Waals surface area contributed by atoms with Gasteiger partial charge < -0.3 is 27.0 Å². The number of urea groups is 1. The molecule has 0 spiro atoms. The van der Waals surface area contributed by atoms with E-state index in [0.717, 1.165) is 49.1 Å². The fourth-order valence-electron chi connectivity index (χ4n) is 4.77. The van der Waals surface area contributed by atoms with Crippen LogP contribution in [0.3, 0.4) is 0 Å². The van der Waals surface area contributed by atoms with Gasteiger partial charge in [0.25, 0.3) is 0 Å². The van der Waals surface area contributed by atoms with Crippen molar-refractivity contribution in [2.24, 2.45) is 5.73 Å². The van der Waals surface area contributed by atoms with Gasteiger partial charge in [0.05, 0.1) is 12.1 Å². The monoisotopic (exact) mass is 523 g/mol. The number of nitrogens with two attached hydrogens (primary N) is 1. The van der Waals surface area contributed by atoms with Crippen LogP contribution < -0.4 is 27.0 Å². The highest BCUT2D eigenvalue weighted by molar-refractivity contribution is 8.00. The highest BCUT2D eigenvalue weighted by atomic mass is 32.2. The van der Waals surface area contributed by atoms with Crippen LogP contribution in [0.25, 0.3) is 0 Å². The summed E-state index contributed by atoms with van der Waals surface area (Å²) in [5.41, 5.74) is 9.06. The molecule has 2 heterocycles. The van der Waals surface area contributed by atoms with Crippen molar-refractivity contribution in [2.45, 2.75) is 62.5 Å². The SMILES string of the molecule is NCc1ccc(C(=O)c2ccc(CNCCCNC(=O)CCCC[C@@H]3SC[C@@H]4NC(=O)N[C@@H]43)cc2)cc1. The molecule has 0 unspecified atom stereocenters. The molecule has 0 radical (unpaired) electrons. The average molecular weight is 524 g/mol. The minimum absolute atomic E-state index is 0.00416. The van der Waals surface area contributed by atoms with E-state index in [2.05, 4.69) is 21.3 Å². The van der Waals surface area contributed by atoms with Gasteiger partial charge in [-0.1, -0.05) is 55.0 Å². The topological polar surface area (TPSA) is 125 Å². The van der Waals surface area contributed by atoms with Crippen LogP contribution in [0, 0.1) is 0 Å². The number of hydrogen-bond acceptors (Lipinski definition) is 6. The van der Waals surface area contributed by atoms with Gasteiger partial charge in [-0.2, -0.15) is 11.8 Å². The van der Waals surface area contributed by atoms with E-state index in [1.165, 1.54) is 0 Å². The first-order valence-corrected chi connectivity index (χ1v) is 14.2. The Balaban J connectivity index is 1.03. The van der Waals surface area contributed by atoms with E-state index in [9.17, 15) is 14.4 Å². The predicted octanol–water partition coefficient (Wildman–Crippen LogP) is 2.70. The van der Waals surface area contributed by atoms with Crippen LogP contribution in [-0.4, -0.2) is 53.9 Å². The number of amides is 3. The number of nitrogens with one attached hydrogen (secondary N) is 4. The van der Waals surface area contributed by atoms with Crippen molar-refractivity contribution in [1.29, 1.82) is 0 Å². The summed E-state index contributed by atoms with van der Waals surface area (Å²) in [5, 5.41) is 12.8. The normalized spacial score (nSPS) is 20.2. The lowest BCUT2D eigenvalue weighted by Crippen LogP contribution is -2.36. The Hall–Kier alpha value is -2.88. The molecule has 3 amide bonds. The number of fused-ring (bicyclic) bond motifs is 1. The molecule has 2 aromatic carbocycles. The molecule has 0 aliphatic carbocycles. The van der Waals surface area contributed by atoms with E-state index in [-0.39, 0.29) is 29.8 Å². The van der Waals surface area contributed by atoms with Crippen LogP contribution in [0.2, 0.25) is 0 Å². The number of benzene rings is 2. The zero-order chi connectivity index (χ0) is 26.0. The lowest BCUT2D eigenvalue weighted by molar-refractivity contribution is -0.121. The molecule has 0 bridgehead atoms. The molecule has 0 aromatic heterocycles. The Bertz CT molecular complexity index is 1060. The summed E-state index contributed by atoms with van der Waals surface area (Å²) in [7, 11) is 0. The van der Waals surface area contributed by atoms with Crippen LogP contribution in [-0.2, 0) is 17.9 Å². The maximum Gasteiger partial charge on any atom is 0.315 e. The van der Waals surface area contributed by atoms with Gasteiger partial charge in [-0.25, -0.2) is 4.79 Å². The van der Waals surface area contributed by atoms with Gasteiger partial charge >= 0.3 is 6.03 Å². The maximum atomic E-state index is 12.6. The van der Waals surface area contributed by atoms with E-state index in [4.69, 9.17) is 5.73 Å². The summed E-state index contributed by atoms with van der Waals surface area (Å²) in [6.07, 6.45) is 4.30. The van der Waals surface area contributed by atoms with E-state index >= 15 is 0 Å². The number of hydrogen-bond donors (Lipinski definition) is 5. The standard InChI is InChI=1S/C28H37N5O3S/c29-16-19-6-10-21(11-7-19)27(35)22-12-8-20(9-13-22)17-30-14-3-15-31-25(34)5-2-1-4-24-26-23(18-37-24)32-28(36)33-26/h6-13,23-24,26,30H,1-5,14-18,29H2,(H,31,34)(H2,32,33,36)/t23-,24-,26-/m0/s1. The summed E-state index contributed by atoms with van der Waals surface area (Å²) in [6, 6.07) is 15.5. The van der Waals surface area contributed by atoms with E-state index in [0.29, 0.717) is 42.4 Å². The third-order valence-corrected chi connectivity index (χ3v) is 8.44. The van der Waals surface area contributed by atoms with Crippen molar-refractivity contribution in [1.82, 2.24) is 21.3 Å². The molecule has 198 valence electrons. The molecule has 8 nitrogen and oxygen atoms in total. The van der Waals surface area contributed by atoms with E-state index in [1.54, 1.807) is 0 Å². The largest absolute Gasteiger partial charge is 0.356 e. The first-order chi connectivity index (χ1) is 18.0. The van der Waals surface area contributed by atoms with Crippen molar-refractivity contribution >= 4 is 29.5 Å². The zero-order valence-electron chi connectivity index (χ0n) is 21.1. The number of carbonyl (C=O) groups excluding carboxylic acids is 3. The van der Waals surface area contributed by atoms with Gasteiger partial charge in [0.2, 0.25) is 5.91 Å². The lowest BCUT2D eigenvalue weighted by Gasteiger charge is -2.16. The van der Waals surface area contributed by atoms with Crippen LogP contribution in [0.4, 0.5) is 4.79 Å². The molecule has 37 heavy (non-hydrogen) atoms. The number of carbonyl (C=O) groups is 3. The molecule has 2 aliphatic heterocycles. The molecule has 2 fully saturated rings. The zero-order valence-corrected chi connectivity index (χ0v) is 21.9. The molecular weight excluding hydrogens is 486 g/mol. The van der Waals surface area contributed by atoms with Crippen LogP contribution in [0.5, 0.6) is 0 Å².